The van der Waals surface area contributed by atoms with E-state index in [0.29, 0.717) is 0 Å². The molecule has 0 aliphatic carbocycles. The van der Waals surface area contributed by atoms with Gasteiger partial charge in [0, 0.05) is 42.3 Å². The number of pyridine rings is 2. The van der Waals surface area contributed by atoms with E-state index < -0.39 is 0 Å². The first kappa shape index (κ1) is 29.9. The van der Waals surface area contributed by atoms with Gasteiger partial charge in [0.05, 0.1) is 22.9 Å². The molecule has 0 amide bonds. The van der Waals surface area contributed by atoms with Gasteiger partial charge in [-0.2, -0.15) is 0 Å². The first-order valence-corrected chi connectivity index (χ1v) is 15.6. The molecule has 42 heavy (non-hydrogen) atoms. The zero-order valence-corrected chi connectivity index (χ0v) is 27.0. The minimum atomic E-state index is 0. The molecule has 0 radical (unpaired) electrons. The van der Waals surface area contributed by atoms with Crippen molar-refractivity contribution in [2.75, 3.05) is 0 Å². The predicted molar refractivity (Wildman–Crippen MR) is 193 cm³/mol. The Morgan fingerprint density at radius 3 is 1.43 bits per heavy atom. The van der Waals surface area contributed by atoms with Gasteiger partial charge in [0.15, 0.2) is 0 Å². The fourth-order valence-corrected chi connectivity index (χ4v) is 5.65. The number of aromatic nitrogens is 4. The third kappa shape index (κ3) is 6.43. The Labute approximate surface area is 275 Å². The number of benzene rings is 4. The summed E-state index contributed by atoms with van der Waals surface area (Å²) >= 11 is 8.83. The summed E-state index contributed by atoms with van der Waals surface area (Å²) in [6.45, 7) is 0. The number of halogens is 3. The second-order valence-electron chi connectivity index (χ2n) is 9.22. The molecule has 208 valence electrons. The van der Waals surface area contributed by atoms with Crippen LogP contribution in [0.3, 0.4) is 0 Å². The molecule has 8 rings (SSSR count). The molecule has 7 heteroatoms. The monoisotopic (exact) mass is 788 g/mol. The number of nitrogens with zero attached hydrogens (tertiary/aromatic N) is 3. The second kappa shape index (κ2) is 13.6. The van der Waals surface area contributed by atoms with Crippen molar-refractivity contribution in [1.82, 2.24) is 19.5 Å². The van der Waals surface area contributed by atoms with Crippen molar-refractivity contribution in [3.63, 3.8) is 0 Å². The topological polar surface area (TPSA) is 46.5 Å². The maximum Gasteiger partial charge on any atom is 0.106 e. The lowest BCUT2D eigenvalue weighted by Gasteiger charge is -2.06. The summed E-state index contributed by atoms with van der Waals surface area (Å²) in [5.74, 6) is 0. The average molecular weight is 790 g/mol. The maximum atomic E-state index is 4.34. The second-order valence-corrected chi connectivity index (χ2v) is 12.1. The fraction of sp³-hybridized carbons (Fsp3) is 0.0286. The first-order valence-electron chi connectivity index (χ1n) is 12.9. The standard InChI is InChI=1S/C17H11BrN2.C12H9N.C5H3BrIN.CH4/c18-17-10-9-12(11-19-17)20-15-7-3-1-5-13(15)14-6-2-4-8-16(14)20;1-3-7-11-9(5-1)10-6-2-4-8-12(10)13-11;6-5-2-1-4(7)3-8-5;/h1-11H;1-8,13H;1-3H;1H4. The van der Waals surface area contributed by atoms with E-state index in [1.54, 1.807) is 0 Å². The number of aromatic amines is 1. The number of hydrogen-bond donors (Lipinski definition) is 1. The molecule has 4 aromatic heterocycles. The van der Waals surface area contributed by atoms with E-state index in [2.05, 4.69) is 177 Å². The SMILES string of the molecule is Brc1ccc(-n2c3ccccc3c3ccccc32)cn1.Brc1ccc(I)cn1.C.c1ccc2c(c1)[nH]c1ccccc12. The van der Waals surface area contributed by atoms with E-state index in [9.17, 15) is 0 Å². The predicted octanol–water partition coefficient (Wildman–Crippen LogP) is 11.3. The minimum Gasteiger partial charge on any atom is -0.355 e. The Morgan fingerprint density at radius 1 is 0.524 bits per heavy atom. The van der Waals surface area contributed by atoms with Crippen LogP contribution in [0.15, 0.2) is 143 Å². The first-order chi connectivity index (χ1) is 20.1. The molecule has 0 spiro atoms. The Bertz CT molecular complexity index is 1960. The highest BCUT2D eigenvalue weighted by Crippen LogP contribution is 2.31. The summed E-state index contributed by atoms with van der Waals surface area (Å²) in [5, 5.41) is 5.15. The van der Waals surface area contributed by atoms with E-state index in [1.165, 1.54) is 43.6 Å². The number of fused-ring (bicyclic) bond motifs is 6. The molecule has 0 saturated carbocycles. The molecule has 1 N–H and O–H groups in total. The zero-order chi connectivity index (χ0) is 28.2. The Hall–Kier alpha value is -3.53. The molecule has 0 atom stereocenters. The summed E-state index contributed by atoms with van der Waals surface area (Å²) < 4.78 is 5.15. The van der Waals surface area contributed by atoms with Crippen LogP contribution in [0.5, 0.6) is 0 Å². The third-order valence-electron chi connectivity index (χ3n) is 6.65. The van der Waals surface area contributed by atoms with Crippen LogP contribution < -0.4 is 0 Å². The van der Waals surface area contributed by atoms with Gasteiger partial charge in [-0.1, -0.05) is 80.2 Å². The van der Waals surface area contributed by atoms with Crippen LogP contribution in [0.2, 0.25) is 0 Å². The minimum absolute atomic E-state index is 0. The maximum absolute atomic E-state index is 4.34. The van der Waals surface area contributed by atoms with E-state index in [1.807, 2.05) is 30.6 Å². The zero-order valence-electron chi connectivity index (χ0n) is 21.7. The van der Waals surface area contributed by atoms with Crippen molar-refractivity contribution >= 4 is 98.1 Å². The molecular weight excluding hydrogens is 763 g/mol. The number of rotatable bonds is 1. The van der Waals surface area contributed by atoms with Crippen LogP contribution in [-0.2, 0) is 0 Å². The fourth-order valence-electron chi connectivity index (χ4n) is 4.86. The molecule has 0 aliphatic heterocycles. The molecule has 4 heterocycles. The summed E-state index contributed by atoms with van der Waals surface area (Å²) in [4.78, 5) is 11.7. The van der Waals surface area contributed by atoms with Crippen molar-refractivity contribution < 1.29 is 0 Å². The van der Waals surface area contributed by atoms with Crippen LogP contribution in [0.1, 0.15) is 7.43 Å². The Kier molecular flexibility index (Phi) is 9.72. The van der Waals surface area contributed by atoms with Gasteiger partial charge in [0.25, 0.3) is 0 Å². The Morgan fingerprint density at radius 2 is 0.976 bits per heavy atom. The van der Waals surface area contributed by atoms with Gasteiger partial charge in [0.2, 0.25) is 0 Å². The molecule has 8 aromatic rings. The van der Waals surface area contributed by atoms with Gasteiger partial charge < -0.3 is 9.55 Å². The third-order valence-corrected chi connectivity index (χ3v) is 8.23. The summed E-state index contributed by atoms with van der Waals surface area (Å²) in [6, 6.07) is 41.7. The van der Waals surface area contributed by atoms with E-state index in [4.69, 9.17) is 0 Å². The van der Waals surface area contributed by atoms with Gasteiger partial charge in [-0.05, 0) is 103 Å². The molecule has 0 unspecified atom stereocenters. The lowest BCUT2D eigenvalue weighted by molar-refractivity contribution is 1.13. The summed E-state index contributed by atoms with van der Waals surface area (Å²) in [7, 11) is 0. The van der Waals surface area contributed by atoms with E-state index in [-0.39, 0.29) is 7.43 Å². The highest BCUT2D eigenvalue weighted by Gasteiger charge is 2.11. The molecule has 4 aromatic carbocycles. The molecular formula is C35H27Br2IN4. The number of H-pyrrole nitrogens is 1. The van der Waals surface area contributed by atoms with Gasteiger partial charge in [-0.3, -0.25) is 0 Å². The van der Waals surface area contributed by atoms with Crippen molar-refractivity contribution in [3.05, 3.63) is 146 Å². The molecule has 0 aliphatic rings. The van der Waals surface area contributed by atoms with Gasteiger partial charge in [0.1, 0.15) is 9.21 Å². The molecule has 4 nitrogen and oxygen atoms in total. The lowest BCUT2D eigenvalue weighted by atomic mass is 10.2. The van der Waals surface area contributed by atoms with Crippen molar-refractivity contribution in [2.24, 2.45) is 0 Å². The average Bonchev–Trinajstić information content (AvgIpc) is 3.56. The molecule has 0 saturated heterocycles. The summed E-state index contributed by atoms with van der Waals surface area (Å²) in [5.41, 5.74) is 5.91. The van der Waals surface area contributed by atoms with E-state index >= 15 is 0 Å². The smallest absolute Gasteiger partial charge is 0.106 e. The number of nitrogens with one attached hydrogen (secondary N) is 1. The van der Waals surface area contributed by atoms with Gasteiger partial charge >= 0.3 is 0 Å². The largest absolute Gasteiger partial charge is 0.355 e. The highest BCUT2D eigenvalue weighted by molar-refractivity contribution is 14.1. The quantitative estimate of drug-likeness (QED) is 0.133. The van der Waals surface area contributed by atoms with Crippen LogP contribution in [0, 0.1) is 3.57 Å². The number of hydrogen-bond acceptors (Lipinski definition) is 2. The molecule has 0 bridgehead atoms. The molecule has 0 fully saturated rings. The van der Waals surface area contributed by atoms with Gasteiger partial charge in [-0.25, -0.2) is 9.97 Å². The number of para-hydroxylation sites is 4. The lowest BCUT2D eigenvalue weighted by Crippen LogP contribution is -1.94. The highest BCUT2D eigenvalue weighted by atomic mass is 127. The van der Waals surface area contributed by atoms with E-state index in [0.717, 1.165) is 18.5 Å². The van der Waals surface area contributed by atoms with Crippen LogP contribution >= 0.6 is 54.5 Å². The van der Waals surface area contributed by atoms with Gasteiger partial charge in [-0.15, -0.1) is 0 Å². The van der Waals surface area contributed by atoms with Crippen molar-refractivity contribution in [1.29, 1.82) is 0 Å². The van der Waals surface area contributed by atoms with Crippen molar-refractivity contribution in [3.8, 4) is 5.69 Å². The van der Waals surface area contributed by atoms with Crippen LogP contribution in [0.4, 0.5) is 0 Å². The normalized spacial score (nSPS) is 10.5. The van der Waals surface area contributed by atoms with Crippen LogP contribution in [0.25, 0.3) is 49.3 Å². The Balaban J connectivity index is 0.000000138. The van der Waals surface area contributed by atoms with Crippen LogP contribution in [-0.4, -0.2) is 19.5 Å². The van der Waals surface area contributed by atoms with Crippen molar-refractivity contribution in [2.45, 2.75) is 7.43 Å². The summed E-state index contributed by atoms with van der Waals surface area (Å²) in [6.07, 6.45) is 3.70.